The van der Waals surface area contributed by atoms with Crippen LogP contribution in [0.3, 0.4) is 0 Å². The topological polar surface area (TPSA) is 24.9 Å². The molecule has 0 fully saturated rings. The highest BCUT2D eigenvalue weighted by Gasteiger charge is 2.11. The van der Waals surface area contributed by atoms with E-state index in [9.17, 15) is 8.78 Å². The van der Waals surface area contributed by atoms with Crippen molar-refractivity contribution >= 4 is 45.4 Å². The number of nitrogens with one attached hydrogen (secondary N) is 1. The van der Waals surface area contributed by atoms with E-state index in [-0.39, 0.29) is 5.56 Å². The van der Waals surface area contributed by atoms with E-state index in [0.29, 0.717) is 26.6 Å². The summed E-state index contributed by atoms with van der Waals surface area (Å²) in [5.74, 6) is -1.28. The summed E-state index contributed by atoms with van der Waals surface area (Å²) < 4.78 is 26.7. The molecular formula is C15H8Cl2F2N2S. The molecule has 0 bridgehead atoms. The van der Waals surface area contributed by atoms with E-state index in [1.54, 1.807) is 23.6 Å². The minimum Gasteiger partial charge on any atom is -0.330 e. The number of thiazole rings is 1. The van der Waals surface area contributed by atoms with Crippen LogP contribution in [0.2, 0.25) is 10.0 Å². The van der Waals surface area contributed by atoms with E-state index >= 15 is 0 Å². The van der Waals surface area contributed by atoms with Gasteiger partial charge < -0.3 is 5.32 Å². The lowest BCUT2D eigenvalue weighted by atomic mass is 10.1. The summed E-state index contributed by atoms with van der Waals surface area (Å²) in [5, 5.41) is 6.27. The minimum absolute atomic E-state index is 0.239. The zero-order valence-electron chi connectivity index (χ0n) is 10.9. The molecule has 0 saturated heterocycles. The van der Waals surface area contributed by atoms with Gasteiger partial charge in [0, 0.05) is 22.0 Å². The quantitative estimate of drug-likeness (QED) is 0.609. The molecule has 0 unspecified atom stereocenters. The highest BCUT2D eigenvalue weighted by Crippen LogP contribution is 2.32. The summed E-state index contributed by atoms with van der Waals surface area (Å²) in [7, 11) is 0. The average molecular weight is 357 g/mol. The second-order valence-corrected chi connectivity index (χ2v) is 6.11. The second-order valence-electron chi connectivity index (χ2n) is 4.41. The lowest BCUT2D eigenvalue weighted by Gasteiger charge is -2.05. The number of hydrogen-bond donors (Lipinski definition) is 1. The zero-order valence-corrected chi connectivity index (χ0v) is 13.2. The minimum atomic E-state index is -0.655. The molecule has 0 aliphatic rings. The second kappa shape index (κ2) is 6.20. The van der Waals surface area contributed by atoms with Gasteiger partial charge in [-0.25, -0.2) is 13.8 Å². The van der Waals surface area contributed by atoms with Gasteiger partial charge in [-0.1, -0.05) is 23.2 Å². The molecule has 0 radical (unpaired) electrons. The summed E-state index contributed by atoms with van der Waals surface area (Å²) in [4.78, 5) is 4.28. The maximum absolute atomic E-state index is 13.8. The monoisotopic (exact) mass is 356 g/mol. The predicted octanol–water partition coefficient (Wildman–Crippen LogP) is 6.14. The third kappa shape index (κ3) is 3.21. The van der Waals surface area contributed by atoms with Crippen molar-refractivity contribution in [1.29, 1.82) is 0 Å². The SMILES string of the molecule is Fc1ccc(-c2csc(Nc3cc(Cl)ccc3Cl)n2)c(F)c1. The average Bonchev–Trinajstić information content (AvgIpc) is 2.91. The number of aromatic nitrogens is 1. The van der Waals surface area contributed by atoms with Crippen molar-refractivity contribution in [2.75, 3.05) is 5.32 Å². The van der Waals surface area contributed by atoms with Gasteiger partial charge in [-0.2, -0.15) is 0 Å². The van der Waals surface area contributed by atoms with E-state index in [1.807, 2.05) is 0 Å². The largest absolute Gasteiger partial charge is 0.330 e. The van der Waals surface area contributed by atoms with Crippen LogP contribution in [0.1, 0.15) is 0 Å². The maximum Gasteiger partial charge on any atom is 0.187 e. The first kappa shape index (κ1) is 15.2. The number of benzene rings is 2. The number of nitrogens with zero attached hydrogens (tertiary/aromatic N) is 1. The molecule has 22 heavy (non-hydrogen) atoms. The number of anilines is 2. The van der Waals surface area contributed by atoms with Crippen LogP contribution < -0.4 is 5.32 Å². The van der Waals surface area contributed by atoms with E-state index in [2.05, 4.69) is 10.3 Å². The molecule has 7 heteroatoms. The van der Waals surface area contributed by atoms with Crippen LogP contribution in [0, 0.1) is 11.6 Å². The highest BCUT2D eigenvalue weighted by atomic mass is 35.5. The first-order valence-electron chi connectivity index (χ1n) is 6.16. The smallest absolute Gasteiger partial charge is 0.187 e. The Balaban J connectivity index is 1.89. The Morgan fingerprint density at radius 2 is 1.86 bits per heavy atom. The van der Waals surface area contributed by atoms with Crippen molar-refractivity contribution in [2.45, 2.75) is 0 Å². The molecule has 3 rings (SSSR count). The van der Waals surface area contributed by atoms with Crippen LogP contribution in [-0.4, -0.2) is 4.98 Å². The van der Waals surface area contributed by atoms with Gasteiger partial charge in [0.25, 0.3) is 0 Å². The first-order valence-corrected chi connectivity index (χ1v) is 7.79. The molecule has 2 aromatic carbocycles. The molecule has 1 heterocycles. The molecule has 0 aliphatic heterocycles. The molecule has 2 nitrogen and oxygen atoms in total. The van der Waals surface area contributed by atoms with E-state index < -0.39 is 11.6 Å². The summed E-state index contributed by atoms with van der Waals surface area (Å²) in [6.07, 6.45) is 0. The molecule has 1 aromatic heterocycles. The Labute approximate surface area is 139 Å². The van der Waals surface area contributed by atoms with Crippen LogP contribution in [0.5, 0.6) is 0 Å². The van der Waals surface area contributed by atoms with E-state index in [1.165, 1.54) is 23.5 Å². The van der Waals surface area contributed by atoms with E-state index in [0.717, 1.165) is 6.07 Å². The summed E-state index contributed by atoms with van der Waals surface area (Å²) in [6.45, 7) is 0. The fourth-order valence-corrected chi connectivity index (χ4v) is 2.92. The molecule has 0 atom stereocenters. The van der Waals surface area contributed by atoms with Crippen molar-refractivity contribution in [1.82, 2.24) is 4.98 Å². The third-order valence-electron chi connectivity index (χ3n) is 2.88. The van der Waals surface area contributed by atoms with Crippen LogP contribution in [0.25, 0.3) is 11.3 Å². The number of rotatable bonds is 3. The Morgan fingerprint density at radius 1 is 1.05 bits per heavy atom. The maximum atomic E-state index is 13.8. The van der Waals surface area contributed by atoms with Crippen molar-refractivity contribution < 1.29 is 8.78 Å². The van der Waals surface area contributed by atoms with Gasteiger partial charge in [-0.15, -0.1) is 11.3 Å². The van der Waals surface area contributed by atoms with Gasteiger partial charge in [-0.05, 0) is 30.3 Å². The summed E-state index contributed by atoms with van der Waals surface area (Å²) >= 11 is 13.3. The molecule has 0 amide bonds. The van der Waals surface area contributed by atoms with Crippen molar-refractivity contribution in [3.05, 3.63) is 63.5 Å². The van der Waals surface area contributed by atoms with E-state index in [4.69, 9.17) is 23.2 Å². The lowest BCUT2D eigenvalue weighted by Crippen LogP contribution is -1.91. The molecule has 0 spiro atoms. The van der Waals surface area contributed by atoms with Crippen LogP contribution in [0.4, 0.5) is 19.6 Å². The van der Waals surface area contributed by atoms with Gasteiger partial charge in [0.15, 0.2) is 5.13 Å². The Morgan fingerprint density at radius 3 is 2.64 bits per heavy atom. The Kier molecular flexibility index (Phi) is 4.29. The van der Waals surface area contributed by atoms with Crippen LogP contribution in [0.15, 0.2) is 41.8 Å². The molecule has 0 saturated carbocycles. The summed E-state index contributed by atoms with van der Waals surface area (Å²) in [6, 6.07) is 8.39. The molecule has 1 N–H and O–H groups in total. The van der Waals surface area contributed by atoms with Gasteiger partial charge in [0.05, 0.1) is 16.4 Å². The van der Waals surface area contributed by atoms with Crippen molar-refractivity contribution in [3.63, 3.8) is 0 Å². The lowest BCUT2D eigenvalue weighted by molar-refractivity contribution is 0.585. The third-order valence-corrected chi connectivity index (χ3v) is 4.20. The first-order chi connectivity index (χ1) is 10.5. The molecular weight excluding hydrogens is 349 g/mol. The predicted molar refractivity (Wildman–Crippen MR) is 87.2 cm³/mol. The molecule has 112 valence electrons. The highest BCUT2D eigenvalue weighted by molar-refractivity contribution is 7.14. The van der Waals surface area contributed by atoms with Gasteiger partial charge in [-0.3, -0.25) is 0 Å². The van der Waals surface area contributed by atoms with Gasteiger partial charge >= 0.3 is 0 Å². The van der Waals surface area contributed by atoms with Crippen molar-refractivity contribution in [2.24, 2.45) is 0 Å². The molecule has 0 aliphatic carbocycles. The van der Waals surface area contributed by atoms with Gasteiger partial charge in [0.1, 0.15) is 11.6 Å². The Bertz CT molecular complexity index is 836. The normalized spacial score (nSPS) is 10.7. The standard InChI is InChI=1S/C15H8Cl2F2N2S/c16-8-1-4-11(17)13(5-8)20-15-21-14(7-22-15)10-3-2-9(18)6-12(10)19/h1-7H,(H,20,21). The van der Waals surface area contributed by atoms with Crippen molar-refractivity contribution in [3.8, 4) is 11.3 Å². The van der Waals surface area contributed by atoms with Gasteiger partial charge in [0.2, 0.25) is 0 Å². The Hall–Kier alpha value is -1.69. The fraction of sp³-hybridized carbons (Fsp3) is 0. The summed E-state index contributed by atoms with van der Waals surface area (Å²) in [5.41, 5.74) is 1.26. The van der Waals surface area contributed by atoms with Crippen LogP contribution in [-0.2, 0) is 0 Å². The van der Waals surface area contributed by atoms with Crippen LogP contribution >= 0.6 is 34.5 Å². The fourth-order valence-electron chi connectivity index (χ4n) is 1.86. The molecule has 3 aromatic rings. The number of halogens is 4. The number of hydrogen-bond acceptors (Lipinski definition) is 3. The zero-order chi connectivity index (χ0) is 15.7.